The highest BCUT2D eigenvalue weighted by Crippen LogP contribution is 2.29. The number of nitrogens with one attached hydrogen (secondary N) is 2. The number of carboxylic acid groups (broad SMARTS) is 1. The number of piperidine rings is 1. The molecule has 1 saturated heterocycles. The Hall–Kier alpha value is -3.90. The Morgan fingerprint density at radius 3 is 2.49 bits per heavy atom. The number of carboxylic acids is 1. The highest BCUT2D eigenvalue weighted by Gasteiger charge is 2.34. The van der Waals surface area contributed by atoms with Crippen molar-refractivity contribution in [3.63, 3.8) is 0 Å². The molecule has 1 heterocycles. The third-order valence-corrected chi connectivity index (χ3v) is 7.09. The predicted molar refractivity (Wildman–Crippen MR) is 144 cm³/mol. The molecule has 10 nitrogen and oxygen atoms in total. The monoisotopic (exact) mass is 585 g/mol. The Morgan fingerprint density at radius 1 is 1.12 bits per heavy atom. The number of allylic oxidation sites excluding steroid dienone is 1. The lowest BCUT2D eigenvalue weighted by molar-refractivity contribution is -0.148. The van der Waals surface area contributed by atoms with E-state index in [0.29, 0.717) is 25.3 Å². The molecule has 1 aromatic rings. The number of amides is 3. The number of carbonyl (C=O) groups excluding carboxylic acids is 4. The quantitative estimate of drug-likeness (QED) is 0.267. The fourth-order valence-corrected chi connectivity index (χ4v) is 4.91. The number of likely N-dealkylation sites (tertiary alicyclic amines) is 1. The van der Waals surface area contributed by atoms with Crippen LogP contribution in [0.5, 0.6) is 5.75 Å². The topological polar surface area (TPSA) is 142 Å². The Kier molecular flexibility index (Phi) is 11.3. The average molecular weight is 586 g/mol. The molecule has 0 spiro atoms. The zero-order valence-corrected chi connectivity index (χ0v) is 22.7. The Morgan fingerprint density at radius 2 is 1.83 bits per heavy atom. The molecular weight excluding hydrogens is 547 g/mol. The summed E-state index contributed by atoms with van der Waals surface area (Å²) in [6.45, 7) is 0.899. The molecule has 3 rings (SSSR count). The van der Waals surface area contributed by atoms with Crippen LogP contribution in [0.2, 0.25) is 0 Å². The van der Waals surface area contributed by atoms with Crippen LogP contribution < -0.4 is 15.4 Å². The first-order valence-corrected chi connectivity index (χ1v) is 13.6. The minimum atomic E-state index is -1.60. The highest BCUT2D eigenvalue weighted by molar-refractivity contribution is 6.35. The average Bonchev–Trinajstić information content (AvgIpc) is 3.45. The number of benzene rings is 1. The van der Waals surface area contributed by atoms with Gasteiger partial charge >= 0.3 is 17.8 Å². The minimum absolute atomic E-state index is 0. The van der Waals surface area contributed by atoms with E-state index >= 15 is 0 Å². The van der Waals surface area contributed by atoms with Crippen molar-refractivity contribution in [3.05, 3.63) is 35.2 Å². The van der Waals surface area contributed by atoms with Crippen molar-refractivity contribution in [2.45, 2.75) is 70.4 Å². The fraction of sp³-hybridized carbons (Fsp3) is 0.536. The molecule has 2 fully saturated rings. The summed E-state index contributed by atoms with van der Waals surface area (Å²) in [6, 6.07) is -1.33. The van der Waals surface area contributed by atoms with Crippen molar-refractivity contribution in [2.24, 2.45) is 5.92 Å². The predicted octanol–water partition coefficient (Wildman–Crippen LogP) is 3.22. The maximum atomic E-state index is 14.4. The van der Waals surface area contributed by atoms with Crippen LogP contribution in [0.3, 0.4) is 0 Å². The third kappa shape index (κ3) is 8.54. The molecule has 0 radical (unpaired) electrons. The molecule has 0 aromatic heterocycles. The highest BCUT2D eigenvalue weighted by atomic mass is 19.2. The number of ketones is 1. The first-order chi connectivity index (χ1) is 19.5. The molecule has 41 heavy (non-hydrogen) atoms. The van der Waals surface area contributed by atoms with Crippen LogP contribution in [-0.2, 0) is 24.0 Å². The van der Waals surface area contributed by atoms with E-state index in [1.807, 2.05) is 0 Å². The molecule has 0 unspecified atom stereocenters. The Bertz CT molecular complexity index is 1210. The van der Waals surface area contributed by atoms with Crippen molar-refractivity contribution in [3.8, 4) is 5.75 Å². The zero-order chi connectivity index (χ0) is 30.1. The molecule has 2 aliphatic rings. The number of ether oxygens (including phenoxy) is 1. The number of hydrogen-bond donors (Lipinski definition) is 3. The van der Waals surface area contributed by atoms with E-state index in [0.717, 1.165) is 31.8 Å². The number of hydrogen-bond acceptors (Lipinski definition) is 6. The molecule has 1 aliphatic heterocycles. The number of rotatable bonds is 11. The maximum Gasteiger partial charge on any atom is 0.311 e. The molecule has 2 atom stereocenters. The van der Waals surface area contributed by atoms with Gasteiger partial charge in [0.2, 0.25) is 11.7 Å². The van der Waals surface area contributed by atoms with Gasteiger partial charge in [-0.15, -0.1) is 0 Å². The van der Waals surface area contributed by atoms with E-state index in [9.17, 15) is 42.3 Å². The van der Waals surface area contributed by atoms with Crippen molar-refractivity contribution in [1.29, 1.82) is 0 Å². The Balaban J connectivity index is 0.00000462. The van der Waals surface area contributed by atoms with Gasteiger partial charge in [-0.25, -0.2) is 8.78 Å². The molecule has 228 valence electrons. The molecule has 3 amide bonds. The van der Waals surface area contributed by atoms with E-state index in [1.54, 1.807) is 6.92 Å². The van der Waals surface area contributed by atoms with Gasteiger partial charge in [-0.05, 0) is 32.1 Å². The standard InChI is InChI=1S/C28H34F3N3O7.2H2/c1-2-3-10-18-19(29)12-20(30)24(31)25(18)41-15-22(35)21(13-23(36)37)33-26(38)16-7-6-11-34(14-16)28(40)27(39)32-17-8-4-5-9-17;;/h3,10,12,16-17,21H,2,4-9,11,13-15H2,1H3,(H,32,39)(H,33,38)(H,36,37);2*1H/t16-,21+;;/m1../s1. The van der Waals surface area contributed by atoms with Crippen molar-refractivity contribution >= 4 is 35.6 Å². The van der Waals surface area contributed by atoms with Crippen molar-refractivity contribution < 1.29 is 49.8 Å². The van der Waals surface area contributed by atoms with Gasteiger partial charge in [0.05, 0.1) is 17.9 Å². The first kappa shape index (κ1) is 31.6. The van der Waals surface area contributed by atoms with Gasteiger partial charge in [0.25, 0.3) is 0 Å². The fourth-order valence-electron chi connectivity index (χ4n) is 4.91. The number of halogens is 3. The van der Waals surface area contributed by atoms with E-state index < -0.39 is 83.2 Å². The molecular formula is C28H38F3N3O7. The lowest BCUT2D eigenvalue weighted by Gasteiger charge is -2.32. The summed E-state index contributed by atoms with van der Waals surface area (Å²) in [6.07, 6.45) is 6.50. The van der Waals surface area contributed by atoms with Gasteiger partial charge in [0, 0.05) is 28.1 Å². The summed E-state index contributed by atoms with van der Waals surface area (Å²) in [7, 11) is 0. The van der Waals surface area contributed by atoms with E-state index in [1.165, 1.54) is 11.0 Å². The lowest BCUT2D eigenvalue weighted by atomic mass is 9.96. The van der Waals surface area contributed by atoms with Crippen LogP contribution in [0.25, 0.3) is 6.08 Å². The molecule has 0 bridgehead atoms. The van der Waals surface area contributed by atoms with E-state index in [4.69, 9.17) is 4.74 Å². The van der Waals surface area contributed by atoms with Crippen LogP contribution in [0.4, 0.5) is 13.2 Å². The number of nitrogens with zero attached hydrogens (tertiary/aromatic N) is 1. The van der Waals surface area contributed by atoms with Crippen LogP contribution in [0.1, 0.15) is 66.7 Å². The van der Waals surface area contributed by atoms with Crippen LogP contribution in [-0.4, -0.2) is 71.3 Å². The van der Waals surface area contributed by atoms with E-state index in [2.05, 4.69) is 10.6 Å². The normalized spacial score (nSPS) is 18.2. The summed E-state index contributed by atoms with van der Waals surface area (Å²) < 4.78 is 47.6. The van der Waals surface area contributed by atoms with Crippen LogP contribution >= 0.6 is 0 Å². The summed E-state index contributed by atoms with van der Waals surface area (Å²) >= 11 is 0. The first-order valence-electron chi connectivity index (χ1n) is 13.6. The summed E-state index contributed by atoms with van der Waals surface area (Å²) in [5, 5.41) is 14.3. The van der Waals surface area contributed by atoms with E-state index in [-0.39, 0.29) is 22.0 Å². The number of carbonyl (C=O) groups is 5. The Labute approximate surface area is 238 Å². The molecule has 1 saturated carbocycles. The second-order valence-electron chi connectivity index (χ2n) is 10.2. The van der Waals surface area contributed by atoms with Crippen LogP contribution in [0, 0.1) is 23.4 Å². The maximum absolute atomic E-state index is 14.4. The lowest BCUT2D eigenvalue weighted by Crippen LogP contribution is -2.53. The summed E-state index contributed by atoms with van der Waals surface area (Å²) in [4.78, 5) is 63.6. The molecule has 3 N–H and O–H groups in total. The van der Waals surface area contributed by atoms with Gasteiger partial charge in [0.1, 0.15) is 18.5 Å². The molecule has 1 aromatic carbocycles. The molecule has 1 aliphatic carbocycles. The second-order valence-corrected chi connectivity index (χ2v) is 10.2. The van der Waals surface area contributed by atoms with Gasteiger partial charge in [-0.3, -0.25) is 24.0 Å². The van der Waals surface area contributed by atoms with Gasteiger partial charge in [0.15, 0.2) is 17.3 Å². The largest absolute Gasteiger partial charge is 0.482 e. The molecule has 13 heteroatoms. The van der Waals surface area contributed by atoms with Gasteiger partial charge < -0.3 is 25.4 Å². The van der Waals surface area contributed by atoms with Gasteiger partial charge in [-0.2, -0.15) is 4.39 Å². The summed E-state index contributed by atoms with van der Waals surface area (Å²) in [5.41, 5.74) is -0.429. The smallest absolute Gasteiger partial charge is 0.311 e. The SMILES string of the molecule is CCC=Cc1c(F)cc(F)c(F)c1OCC(=O)[C@H](CC(=O)O)NC(=O)[C@@H]1CCCN(C(=O)C(=O)NC2CCCC2)C1.[HH].[HH]. The van der Waals surface area contributed by atoms with Crippen molar-refractivity contribution in [2.75, 3.05) is 19.7 Å². The number of aliphatic carboxylic acids is 1. The van der Waals surface area contributed by atoms with Gasteiger partial charge in [-0.1, -0.05) is 31.9 Å². The minimum Gasteiger partial charge on any atom is -0.482 e. The van der Waals surface area contributed by atoms with Crippen LogP contribution in [0.15, 0.2) is 12.1 Å². The summed E-state index contributed by atoms with van der Waals surface area (Å²) in [5.74, 6) is -10.5. The zero-order valence-electron chi connectivity index (χ0n) is 22.7. The second kappa shape index (κ2) is 14.6. The number of Topliss-reactive ketones (excluding diaryl/α,β-unsaturated/α-hetero) is 1. The third-order valence-electron chi connectivity index (χ3n) is 7.09. The van der Waals surface area contributed by atoms with Crippen molar-refractivity contribution in [1.82, 2.24) is 15.5 Å².